The summed E-state index contributed by atoms with van der Waals surface area (Å²) in [5.41, 5.74) is 0.164. The van der Waals surface area contributed by atoms with Crippen LogP contribution >= 0.6 is 15.9 Å². The van der Waals surface area contributed by atoms with Crippen molar-refractivity contribution in [1.29, 1.82) is 5.26 Å². The topological polar surface area (TPSA) is 70.8 Å². The molecule has 0 fully saturated rings. The Morgan fingerprint density at radius 3 is 2.57 bits per heavy atom. The van der Waals surface area contributed by atoms with Crippen LogP contribution in [0.15, 0.2) is 35.1 Å². The average molecular weight is 359 g/mol. The Morgan fingerprint density at radius 2 is 2.00 bits per heavy atom. The van der Waals surface area contributed by atoms with Crippen LogP contribution in [0.1, 0.15) is 5.69 Å². The monoisotopic (exact) mass is 358 g/mol. The molecule has 21 heavy (non-hydrogen) atoms. The van der Waals surface area contributed by atoms with E-state index in [0.717, 1.165) is 0 Å². The number of nitriles is 1. The van der Waals surface area contributed by atoms with Crippen molar-refractivity contribution in [3.05, 3.63) is 40.8 Å². The normalized spacial score (nSPS) is 10.8. The first-order valence-corrected chi connectivity index (χ1v) is 6.21. The van der Waals surface area contributed by atoms with Gasteiger partial charge in [0, 0.05) is 4.47 Å². The lowest BCUT2D eigenvalue weighted by atomic mass is 10.3. The molecule has 0 spiro atoms. The minimum absolute atomic E-state index is 0.0644. The number of rotatable bonds is 3. The molecular weight excluding hydrogens is 353 g/mol. The number of hydrogen-bond donors (Lipinski definition) is 1. The summed E-state index contributed by atoms with van der Waals surface area (Å²) in [6, 6.07) is 5.90. The van der Waals surface area contributed by atoms with E-state index in [0.29, 0.717) is 4.47 Å². The lowest BCUT2D eigenvalue weighted by molar-refractivity contribution is -0.274. The van der Waals surface area contributed by atoms with Crippen LogP contribution in [0.4, 0.5) is 24.7 Å². The summed E-state index contributed by atoms with van der Waals surface area (Å²) >= 11 is 3.07. The molecule has 0 radical (unpaired) electrons. The smallest absolute Gasteiger partial charge is 0.404 e. The van der Waals surface area contributed by atoms with Gasteiger partial charge in [0.15, 0.2) is 11.4 Å². The highest BCUT2D eigenvalue weighted by Gasteiger charge is 2.32. The molecule has 0 amide bonds. The Bertz CT molecular complexity index is 682. The van der Waals surface area contributed by atoms with Crippen molar-refractivity contribution in [3.63, 3.8) is 0 Å². The van der Waals surface area contributed by atoms with Crippen molar-refractivity contribution in [2.45, 2.75) is 6.36 Å². The highest BCUT2D eigenvalue weighted by atomic mass is 79.9. The molecule has 2 aromatic rings. The highest BCUT2D eigenvalue weighted by molar-refractivity contribution is 9.10. The van der Waals surface area contributed by atoms with E-state index < -0.39 is 12.1 Å². The fraction of sp³-hybridized carbons (Fsp3) is 0.0833. The summed E-state index contributed by atoms with van der Waals surface area (Å²) < 4.78 is 41.5. The minimum Gasteiger partial charge on any atom is -0.404 e. The second-order valence-electron chi connectivity index (χ2n) is 3.71. The predicted molar refractivity (Wildman–Crippen MR) is 70.9 cm³/mol. The molecule has 0 aliphatic carbocycles. The predicted octanol–water partition coefficient (Wildman–Crippen LogP) is 3.75. The first kappa shape index (κ1) is 15.1. The number of anilines is 2. The molecule has 0 aliphatic heterocycles. The molecule has 2 rings (SSSR count). The van der Waals surface area contributed by atoms with Gasteiger partial charge in [-0.25, -0.2) is 9.97 Å². The number of halogens is 4. The third kappa shape index (κ3) is 4.32. The van der Waals surface area contributed by atoms with Crippen molar-refractivity contribution in [1.82, 2.24) is 9.97 Å². The van der Waals surface area contributed by atoms with Crippen molar-refractivity contribution in [2.24, 2.45) is 0 Å². The first-order chi connectivity index (χ1) is 9.87. The van der Waals surface area contributed by atoms with E-state index >= 15 is 0 Å². The first-order valence-electron chi connectivity index (χ1n) is 5.42. The second kappa shape index (κ2) is 5.97. The van der Waals surface area contributed by atoms with Crippen molar-refractivity contribution >= 4 is 27.4 Å². The SMILES string of the molecule is N#Cc1cnc(Nc2ccc(Br)cc2OC(F)(F)F)cn1. The Labute approximate surface area is 125 Å². The van der Waals surface area contributed by atoms with Crippen LogP contribution in [0.25, 0.3) is 0 Å². The molecule has 0 unspecified atom stereocenters. The Kier molecular flexibility index (Phi) is 4.28. The van der Waals surface area contributed by atoms with Crippen LogP contribution in [0.5, 0.6) is 5.75 Å². The van der Waals surface area contributed by atoms with Crippen LogP contribution in [-0.2, 0) is 0 Å². The Morgan fingerprint density at radius 1 is 1.24 bits per heavy atom. The largest absolute Gasteiger partial charge is 0.573 e. The van der Waals surface area contributed by atoms with Gasteiger partial charge in [-0.05, 0) is 18.2 Å². The molecule has 9 heteroatoms. The average Bonchev–Trinajstić information content (AvgIpc) is 2.41. The zero-order valence-electron chi connectivity index (χ0n) is 10.1. The highest BCUT2D eigenvalue weighted by Crippen LogP contribution is 2.34. The number of benzene rings is 1. The molecule has 1 heterocycles. The summed E-state index contributed by atoms with van der Waals surface area (Å²) in [7, 11) is 0. The molecule has 1 N–H and O–H groups in total. The van der Waals surface area contributed by atoms with E-state index in [1.54, 1.807) is 12.1 Å². The zero-order chi connectivity index (χ0) is 15.5. The number of aromatic nitrogens is 2. The quantitative estimate of drug-likeness (QED) is 0.904. The third-order valence-corrected chi connectivity index (χ3v) is 2.69. The van der Waals surface area contributed by atoms with Crippen LogP contribution in [0.2, 0.25) is 0 Å². The molecule has 0 bridgehead atoms. The fourth-order valence-corrected chi connectivity index (χ4v) is 1.74. The Hall–Kier alpha value is -2.34. The maximum absolute atomic E-state index is 12.4. The van der Waals surface area contributed by atoms with Gasteiger partial charge < -0.3 is 10.1 Å². The van der Waals surface area contributed by atoms with E-state index in [1.165, 1.54) is 24.5 Å². The molecule has 1 aromatic heterocycles. The van der Waals surface area contributed by atoms with Crippen LogP contribution in [0, 0.1) is 11.3 Å². The molecule has 0 saturated heterocycles. The van der Waals surface area contributed by atoms with E-state index in [-0.39, 0.29) is 17.2 Å². The van der Waals surface area contributed by atoms with Gasteiger partial charge in [0.2, 0.25) is 0 Å². The number of ether oxygens (including phenoxy) is 1. The summed E-state index contributed by atoms with van der Waals surface area (Å²) in [6.07, 6.45) is -2.38. The van der Waals surface area contributed by atoms with Crippen LogP contribution in [-0.4, -0.2) is 16.3 Å². The summed E-state index contributed by atoms with van der Waals surface area (Å²) in [5.74, 6) is -0.230. The lowest BCUT2D eigenvalue weighted by Gasteiger charge is -2.14. The lowest BCUT2D eigenvalue weighted by Crippen LogP contribution is -2.18. The fourth-order valence-electron chi connectivity index (χ4n) is 1.40. The van der Waals surface area contributed by atoms with Gasteiger partial charge in [0.05, 0.1) is 18.1 Å². The van der Waals surface area contributed by atoms with E-state index in [2.05, 4.69) is 36.0 Å². The van der Waals surface area contributed by atoms with Gasteiger partial charge >= 0.3 is 6.36 Å². The van der Waals surface area contributed by atoms with Crippen LogP contribution in [0.3, 0.4) is 0 Å². The molecule has 108 valence electrons. The molecule has 5 nitrogen and oxygen atoms in total. The van der Waals surface area contributed by atoms with Gasteiger partial charge in [0.1, 0.15) is 11.9 Å². The summed E-state index contributed by atoms with van der Waals surface area (Å²) in [4.78, 5) is 7.62. The number of nitrogens with one attached hydrogen (secondary N) is 1. The van der Waals surface area contributed by atoms with E-state index in [9.17, 15) is 13.2 Å². The zero-order valence-corrected chi connectivity index (χ0v) is 11.7. The molecule has 1 aromatic carbocycles. The van der Waals surface area contributed by atoms with Crippen molar-refractivity contribution in [2.75, 3.05) is 5.32 Å². The number of nitrogens with zero attached hydrogens (tertiary/aromatic N) is 3. The van der Waals surface area contributed by atoms with Gasteiger partial charge in [-0.2, -0.15) is 5.26 Å². The Balaban J connectivity index is 2.28. The second-order valence-corrected chi connectivity index (χ2v) is 4.63. The molecule has 0 aliphatic rings. The van der Waals surface area contributed by atoms with Crippen molar-refractivity contribution < 1.29 is 17.9 Å². The van der Waals surface area contributed by atoms with Gasteiger partial charge in [-0.3, -0.25) is 0 Å². The van der Waals surface area contributed by atoms with Crippen molar-refractivity contribution in [3.8, 4) is 11.8 Å². The van der Waals surface area contributed by atoms with Gasteiger partial charge in [-0.15, -0.1) is 13.2 Å². The summed E-state index contributed by atoms with van der Waals surface area (Å²) in [6.45, 7) is 0. The van der Waals surface area contributed by atoms with Gasteiger partial charge in [-0.1, -0.05) is 15.9 Å². The van der Waals surface area contributed by atoms with Crippen LogP contribution < -0.4 is 10.1 Å². The molecular formula is C12H6BrF3N4O. The van der Waals surface area contributed by atoms with Gasteiger partial charge in [0.25, 0.3) is 0 Å². The van der Waals surface area contributed by atoms with E-state index in [1.807, 2.05) is 0 Å². The van der Waals surface area contributed by atoms with E-state index in [4.69, 9.17) is 5.26 Å². The number of hydrogen-bond acceptors (Lipinski definition) is 5. The third-order valence-electron chi connectivity index (χ3n) is 2.20. The standard InChI is InChI=1S/C12H6BrF3N4O/c13-7-1-2-9(10(3-7)21-12(14,15)16)20-11-6-18-8(4-17)5-19-11/h1-3,5-6H,(H,19,20). The maximum atomic E-state index is 12.4. The minimum atomic E-state index is -4.81. The number of alkyl halides is 3. The molecule has 0 saturated carbocycles. The summed E-state index contributed by atoms with van der Waals surface area (Å²) in [5, 5.41) is 11.2. The molecule has 0 atom stereocenters. The maximum Gasteiger partial charge on any atom is 0.573 e.